The third kappa shape index (κ3) is 5.36. The summed E-state index contributed by atoms with van der Waals surface area (Å²) in [6, 6.07) is 21.7. The molecule has 0 aromatic heterocycles. The van der Waals surface area contributed by atoms with E-state index in [9.17, 15) is 9.90 Å². The maximum Gasteiger partial charge on any atom is 0.245 e. The van der Waals surface area contributed by atoms with E-state index in [-0.39, 0.29) is 12.5 Å². The van der Waals surface area contributed by atoms with Gasteiger partial charge in [0.25, 0.3) is 0 Å². The molecule has 2 heterocycles. The van der Waals surface area contributed by atoms with Crippen LogP contribution in [0.2, 0.25) is 5.02 Å². The van der Waals surface area contributed by atoms with Crippen molar-refractivity contribution < 1.29 is 14.6 Å². The number of amides is 1. The van der Waals surface area contributed by atoms with Gasteiger partial charge >= 0.3 is 0 Å². The fourth-order valence-electron chi connectivity index (χ4n) is 4.71. The zero-order chi connectivity index (χ0) is 24.4. The van der Waals surface area contributed by atoms with Gasteiger partial charge in [-0.05, 0) is 74.7 Å². The molecule has 0 saturated carbocycles. The number of anilines is 2. The van der Waals surface area contributed by atoms with Crippen LogP contribution >= 0.6 is 23.4 Å². The van der Waals surface area contributed by atoms with E-state index in [2.05, 4.69) is 17.0 Å². The third-order valence-corrected chi connectivity index (χ3v) is 8.08. The van der Waals surface area contributed by atoms with Crippen molar-refractivity contribution in [2.75, 3.05) is 31.1 Å². The van der Waals surface area contributed by atoms with Crippen molar-refractivity contribution in [3.05, 3.63) is 77.3 Å². The second kappa shape index (κ2) is 10.2. The number of hydrogen-bond acceptors (Lipinski definition) is 5. The van der Waals surface area contributed by atoms with Gasteiger partial charge in [-0.3, -0.25) is 14.6 Å². The van der Waals surface area contributed by atoms with E-state index in [1.54, 1.807) is 11.8 Å². The molecule has 35 heavy (non-hydrogen) atoms. The molecule has 0 aliphatic carbocycles. The van der Waals surface area contributed by atoms with Crippen molar-refractivity contribution in [1.82, 2.24) is 4.90 Å². The minimum atomic E-state index is -0.953. The highest BCUT2D eigenvalue weighted by Crippen LogP contribution is 2.47. The average molecular weight is 509 g/mol. The van der Waals surface area contributed by atoms with Crippen LogP contribution in [0.15, 0.2) is 76.5 Å². The molecule has 0 bridgehead atoms. The van der Waals surface area contributed by atoms with Crippen LogP contribution in [0.25, 0.3) is 0 Å². The highest BCUT2D eigenvalue weighted by molar-refractivity contribution is 7.99. The lowest BCUT2D eigenvalue weighted by molar-refractivity contribution is -0.119. The van der Waals surface area contributed by atoms with E-state index >= 15 is 0 Å². The van der Waals surface area contributed by atoms with Crippen LogP contribution in [0.5, 0.6) is 5.75 Å². The fourth-order valence-corrected chi connectivity index (χ4v) is 5.94. The summed E-state index contributed by atoms with van der Waals surface area (Å²) >= 11 is 7.95. The number of ether oxygens (including phenoxy) is 1. The van der Waals surface area contributed by atoms with Gasteiger partial charge in [0, 0.05) is 16.3 Å². The molecule has 1 atom stereocenters. The second-order valence-electron chi connectivity index (χ2n) is 9.34. The number of benzene rings is 3. The highest BCUT2D eigenvalue weighted by atomic mass is 35.5. The molecule has 5 rings (SSSR count). The van der Waals surface area contributed by atoms with Crippen LogP contribution in [0, 0.1) is 6.92 Å². The molecule has 3 aromatic rings. The number of carbonyl (C=O) groups is 1. The van der Waals surface area contributed by atoms with Crippen molar-refractivity contribution in [3.8, 4) is 5.75 Å². The standard InChI is InChI=1S/C28H29ClN2O3S/c1-20-11-12-21(29)24(17-20)34-19-28(33)13-6-15-30(16-14-28)18-27(32)31-22-7-2-4-9-25(22)35-26-10-5-3-8-23(26)31/h2-5,7-12,17,33H,6,13-16,18-19H2,1H3. The maximum atomic E-state index is 13.6. The Morgan fingerprint density at radius 3 is 2.43 bits per heavy atom. The van der Waals surface area contributed by atoms with Gasteiger partial charge in [0.2, 0.25) is 5.91 Å². The minimum absolute atomic E-state index is 0.0402. The van der Waals surface area contributed by atoms with Crippen molar-refractivity contribution in [3.63, 3.8) is 0 Å². The van der Waals surface area contributed by atoms with Crippen molar-refractivity contribution in [1.29, 1.82) is 0 Å². The summed E-state index contributed by atoms with van der Waals surface area (Å²) in [6.45, 7) is 3.84. The molecular formula is C28H29ClN2O3S. The Bertz CT molecular complexity index is 1190. The van der Waals surface area contributed by atoms with Gasteiger partial charge in [0.1, 0.15) is 12.4 Å². The predicted octanol–water partition coefficient (Wildman–Crippen LogP) is 6.07. The monoisotopic (exact) mass is 508 g/mol. The molecule has 1 N–H and O–H groups in total. The first-order valence-corrected chi connectivity index (χ1v) is 13.1. The number of para-hydroxylation sites is 2. The van der Waals surface area contributed by atoms with Crippen LogP contribution in [-0.2, 0) is 4.79 Å². The molecule has 2 aliphatic rings. The fraction of sp³-hybridized carbons (Fsp3) is 0.321. The molecule has 1 fully saturated rings. The lowest BCUT2D eigenvalue weighted by Gasteiger charge is -2.33. The molecule has 182 valence electrons. The molecule has 2 aliphatic heterocycles. The minimum Gasteiger partial charge on any atom is -0.489 e. The van der Waals surface area contributed by atoms with Gasteiger partial charge in [-0.15, -0.1) is 0 Å². The Morgan fingerprint density at radius 1 is 1.03 bits per heavy atom. The number of aryl methyl sites for hydroxylation is 1. The first-order chi connectivity index (χ1) is 16.9. The zero-order valence-corrected chi connectivity index (χ0v) is 21.3. The molecule has 5 nitrogen and oxygen atoms in total. The van der Waals surface area contributed by atoms with Gasteiger partial charge in [0.15, 0.2) is 0 Å². The normalized spacial score (nSPS) is 20.0. The van der Waals surface area contributed by atoms with E-state index in [1.165, 1.54) is 0 Å². The summed E-state index contributed by atoms with van der Waals surface area (Å²) in [5.74, 6) is 0.634. The number of hydrogen-bond donors (Lipinski definition) is 1. The number of likely N-dealkylation sites (tertiary alicyclic amines) is 1. The maximum absolute atomic E-state index is 13.6. The number of aliphatic hydroxyl groups is 1. The first kappa shape index (κ1) is 24.2. The average Bonchev–Trinajstić information content (AvgIpc) is 3.04. The molecule has 0 spiro atoms. The van der Waals surface area contributed by atoms with Gasteiger partial charge in [-0.2, -0.15) is 0 Å². The Labute approximate surface area is 215 Å². The van der Waals surface area contributed by atoms with E-state index in [4.69, 9.17) is 16.3 Å². The summed E-state index contributed by atoms with van der Waals surface area (Å²) in [6.07, 6.45) is 1.94. The van der Waals surface area contributed by atoms with E-state index in [0.717, 1.165) is 39.7 Å². The lowest BCUT2D eigenvalue weighted by atomic mass is 9.96. The topological polar surface area (TPSA) is 53.0 Å². The summed E-state index contributed by atoms with van der Waals surface area (Å²) in [7, 11) is 0. The van der Waals surface area contributed by atoms with Crippen molar-refractivity contribution >= 4 is 40.6 Å². The number of fused-ring (bicyclic) bond motifs is 2. The smallest absolute Gasteiger partial charge is 0.245 e. The molecule has 1 saturated heterocycles. The third-order valence-electron chi connectivity index (χ3n) is 6.63. The van der Waals surface area contributed by atoms with Crippen LogP contribution in [0.3, 0.4) is 0 Å². The number of carbonyl (C=O) groups excluding carboxylic acids is 1. The molecule has 1 amide bonds. The van der Waals surface area contributed by atoms with E-state index in [0.29, 0.717) is 36.7 Å². The zero-order valence-electron chi connectivity index (χ0n) is 19.7. The molecule has 3 aromatic carbocycles. The van der Waals surface area contributed by atoms with Crippen LogP contribution < -0.4 is 9.64 Å². The number of nitrogens with zero attached hydrogens (tertiary/aromatic N) is 2. The molecule has 0 radical (unpaired) electrons. The highest BCUT2D eigenvalue weighted by Gasteiger charge is 2.34. The molecule has 1 unspecified atom stereocenters. The predicted molar refractivity (Wildman–Crippen MR) is 141 cm³/mol. The Hall–Kier alpha value is -2.51. The van der Waals surface area contributed by atoms with E-state index < -0.39 is 5.60 Å². The van der Waals surface area contributed by atoms with E-state index in [1.807, 2.05) is 66.4 Å². The number of halogens is 1. The lowest BCUT2D eigenvalue weighted by Crippen LogP contribution is -2.41. The summed E-state index contributed by atoms with van der Waals surface area (Å²) < 4.78 is 5.93. The van der Waals surface area contributed by atoms with Crippen molar-refractivity contribution in [2.24, 2.45) is 0 Å². The van der Waals surface area contributed by atoms with Gasteiger partial charge in [0.05, 0.1) is 28.5 Å². The van der Waals surface area contributed by atoms with Crippen LogP contribution in [0.4, 0.5) is 11.4 Å². The summed E-state index contributed by atoms with van der Waals surface area (Å²) in [5.41, 5.74) is 1.96. The van der Waals surface area contributed by atoms with Crippen molar-refractivity contribution in [2.45, 2.75) is 41.6 Å². The molecular weight excluding hydrogens is 480 g/mol. The quantitative estimate of drug-likeness (QED) is 0.453. The van der Waals surface area contributed by atoms with Gasteiger partial charge in [-0.1, -0.05) is 53.7 Å². The van der Waals surface area contributed by atoms with Crippen LogP contribution in [-0.4, -0.2) is 47.8 Å². The summed E-state index contributed by atoms with van der Waals surface area (Å²) in [4.78, 5) is 19.8. The Morgan fingerprint density at radius 2 is 1.71 bits per heavy atom. The first-order valence-electron chi connectivity index (χ1n) is 11.9. The second-order valence-corrected chi connectivity index (χ2v) is 10.8. The van der Waals surface area contributed by atoms with Crippen LogP contribution in [0.1, 0.15) is 24.8 Å². The Kier molecular flexibility index (Phi) is 7.07. The van der Waals surface area contributed by atoms with Gasteiger partial charge in [-0.25, -0.2) is 0 Å². The summed E-state index contributed by atoms with van der Waals surface area (Å²) in [5, 5.41) is 11.8. The SMILES string of the molecule is Cc1ccc(Cl)c(OCC2(O)CCCN(CC(=O)N3c4ccccc4Sc4ccccc43)CC2)c1. The molecule has 7 heteroatoms. The van der Waals surface area contributed by atoms with Gasteiger partial charge < -0.3 is 9.84 Å². The Balaban J connectivity index is 1.26. The number of rotatable bonds is 5. The largest absolute Gasteiger partial charge is 0.489 e.